The number of fused-ring (bicyclic) bond motifs is 1. The third kappa shape index (κ3) is 1.88. The second kappa shape index (κ2) is 4.36. The van der Waals surface area contributed by atoms with Crippen LogP contribution in [0.3, 0.4) is 0 Å². The van der Waals surface area contributed by atoms with Crippen LogP contribution < -0.4 is 5.43 Å². The van der Waals surface area contributed by atoms with Gasteiger partial charge in [-0.2, -0.15) is 10.4 Å². The summed E-state index contributed by atoms with van der Waals surface area (Å²) >= 11 is 11.8. The van der Waals surface area contributed by atoms with E-state index in [2.05, 4.69) is 5.10 Å². The highest BCUT2D eigenvalue weighted by atomic mass is 35.5. The van der Waals surface area contributed by atoms with Gasteiger partial charge in [-0.3, -0.25) is 9.48 Å². The Balaban J connectivity index is 3.01. The second-order valence-electron chi connectivity index (χ2n) is 3.39. The summed E-state index contributed by atoms with van der Waals surface area (Å²) in [5.41, 5.74) is 0.00871. The number of nitrogens with zero attached hydrogens (tertiary/aromatic N) is 3. The molecule has 1 aromatic carbocycles. The first kappa shape index (κ1) is 11.9. The summed E-state index contributed by atoms with van der Waals surface area (Å²) in [6.45, 7) is 2.39. The molecule has 2 aromatic rings. The molecule has 0 N–H and O–H groups in total. The van der Waals surface area contributed by atoms with Crippen LogP contribution in [-0.4, -0.2) is 9.78 Å². The first-order valence-electron chi connectivity index (χ1n) is 4.88. The van der Waals surface area contributed by atoms with Crippen molar-refractivity contribution in [2.45, 2.75) is 13.5 Å². The molecule has 0 fully saturated rings. The zero-order valence-corrected chi connectivity index (χ0v) is 10.4. The van der Waals surface area contributed by atoms with E-state index in [4.69, 9.17) is 28.5 Å². The lowest BCUT2D eigenvalue weighted by molar-refractivity contribution is 0.663. The maximum atomic E-state index is 11.9. The van der Waals surface area contributed by atoms with Crippen molar-refractivity contribution in [3.8, 4) is 6.07 Å². The minimum absolute atomic E-state index is 0.141. The van der Waals surface area contributed by atoms with E-state index in [1.54, 1.807) is 16.8 Å². The lowest BCUT2D eigenvalue weighted by Gasteiger charge is -2.08. The standard InChI is InChI=1S/C11H7Cl2N3O/c1-2-16-10-4-8(13)7(12)3-6(10)11(17)9(5-14)15-16/h3-4H,2H2,1H3. The van der Waals surface area contributed by atoms with Crippen molar-refractivity contribution in [3.05, 3.63) is 38.1 Å². The molecule has 4 nitrogen and oxygen atoms in total. The molecule has 17 heavy (non-hydrogen) atoms. The van der Waals surface area contributed by atoms with Gasteiger partial charge in [0.25, 0.3) is 0 Å². The molecule has 0 aliphatic carbocycles. The predicted molar refractivity (Wildman–Crippen MR) is 66.4 cm³/mol. The molecule has 0 aliphatic rings. The van der Waals surface area contributed by atoms with Crippen LogP contribution in [0.25, 0.3) is 10.9 Å². The molecule has 0 atom stereocenters. The van der Waals surface area contributed by atoms with Gasteiger partial charge in [0.1, 0.15) is 6.07 Å². The van der Waals surface area contributed by atoms with Gasteiger partial charge in [0.15, 0.2) is 0 Å². The Morgan fingerprint density at radius 1 is 1.41 bits per heavy atom. The van der Waals surface area contributed by atoms with Crippen molar-refractivity contribution in [2.75, 3.05) is 0 Å². The van der Waals surface area contributed by atoms with Crippen molar-refractivity contribution < 1.29 is 0 Å². The number of halogens is 2. The van der Waals surface area contributed by atoms with Crippen molar-refractivity contribution in [2.24, 2.45) is 0 Å². The molecule has 0 saturated heterocycles. The third-order valence-corrected chi connectivity index (χ3v) is 3.12. The summed E-state index contributed by atoms with van der Waals surface area (Å²) in [7, 11) is 0. The fourth-order valence-corrected chi connectivity index (χ4v) is 1.92. The van der Waals surface area contributed by atoms with E-state index in [0.29, 0.717) is 22.5 Å². The molecule has 0 bridgehead atoms. The Morgan fingerprint density at radius 3 is 2.65 bits per heavy atom. The molecule has 0 spiro atoms. The van der Waals surface area contributed by atoms with E-state index in [-0.39, 0.29) is 10.7 Å². The molecule has 0 aliphatic heterocycles. The Kier molecular flexibility index (Phi) is 3.05. The highest BCUT2D eigenvalue weighted by Gasteiger charge is 2.12. The van der Waals surface area contributed by atoms with Crippen molar-refractivity contribution in [1.82, 2.24) is 9.78 Å². The molecule has 86 valence electrons. The Labute approximate surface area is 107 Å². The van der Waals surface area contributed by atoms with Crippen LogP contribution in [0.4, 0.5) is 0 Å². The zero-order valence-electron chi connectivity index (χ0n) is 8.87. The molecule has 6 heteroatoms. The summed E-state index contributed by atoms with van der Waals surface area (Å²) in [4.78, 5) is 11.9. The molecule has 2 rings (SSSR count). The van der Waals surface area contributed by atoms with Crippen LogP contribution in [-0.2, 0) is 6.54 Å². The van der Waals surface area contributed by atoms with Gasteiger partial charge in [-0.25, -0.2) is 0 Å². The number of hydrogen-bond acceptors (Lipinski definition) is 3. The topological polar surface area (TPSA) is 58.7 Å². The van der Waals surface area contributed by atoms with Gasteiger partial charge in [-0.15, -0.1) is 0 Å². The number of benzene rings is 1. The first-order chi connectivity index (χ1) is 8.08. The van der Waals surface area contributed by atoms with Crippen LogP contribution in [0.15, 0.2) is 16.9 Å². The van der Waals surface area contributed by atoms with E-state index in [1.807, 2.05) is 6.92 Å². The van der Waals surface area contributed by atoms with E-state index in [1.165, 1.54) is 6.07 Å². The largest absolute Gasteiger partial charge is 0.286 e. The van der Waals surface area contributed by atoms with Gasteiger partial charge in [0.2, 0.25) is 11.1 Å². The smallest absolute Gasteiger partial charge is 0.226 e. The third-order valence-electron chi connectivity index (χ3n) is 2.40. The monoisotopic (exact) mass is 267 g/mol. The average Bonchev–Trinajstić information content (AvgIpc) is 2.32. The van der Waals surface area contributed by atoms with Gasteiger partial charge in [0.05, 0.1) is 20.9 Å². The summed E-state index contributed by atoms with van der Waals surface area (Å²) in [5.74, 6) is 0. The normalized spacial score (nSPS) is 10.5. The fourth-order valence-electron chi connectivity index (χ4n) is 1.59. The second-order valence-corrected chi connectivity index (χ2v) is 4.20. The number of rotatable bonds is 1. The van der Waals surface area contributed by atoms with Crippen LogP contribution in [0, 0.1) is 11.3 Å². The maximum Gasteiger partial charge on any atom is 0.226 e. The number of aryl methyl sites for hydroxylation is 1. The predicted octanol–water partition coefficient (Wildman–Crippen LogP) is 2.59. The Morgan fingerprint density at radius 2 is 2.06 bits per heavy atom. The quantitative estimate of drug-likeness (QED) is 0.798. The minimum atomic E-state index is -0.425. The summed E-state index contributed by atoms with van der Waals surface area (Å²) in [5, 5.41) is 13.8. The van der Waals surface area contributed by atoms with Gasteiger partial charge < -0.3 is 0 Å². The highest BCUT2D eigenvalue weighted by Crippen LogP contribution is 2.26. The molecule has 1 aromatic heterocycles. The lowest BCUT2D eigenvalue weighted by Crippen LogP contribution is -2.16. The van der Waals surface area contributed by atoms with Crippen LogP contribution >= 0.6 is 23.2 Å². The van der Waals surface area contributed by atoms with Gasteiger partial charge in [-0.1, -0.05) is 23.2 Å². The van der Waals surface area contributed by atoms with Gasteiger partial charge >= 0.3 is 0 Å². The SMILES string of the molecule is CCn1nc(C#N)c(=O)c2cc(Cl)c(Cl)cc21. The van der Waals surface area contributed by atoms with Crippen molar-refractivity contribution in [3.63, 3.8) is 0 Å². The molecule has 1 heterocycles. The molecule has 0 saturated carbocycles. The number of hydrogen-bond donors (Lipinski definition) is 0. The van der Waals surface area contributed by atoms with Crippen molar-refractivity contribution >= 4 is 34.1 Å². The van der Waals surface area contributed by atoms with Crippen LogP contribution in [0.5, 0.6) is 0 Å². The molecule has 0 radical (unpaired) electrons. The van der Waals surface area contributed by atoms with Gasteiger partial charge in [-0.05, 0) is 19.1 Å². The molecule has 0 unspecified atom stereocenters. The number of aromatic nitrogens is 2. The van der Waals surface area contributed by atoms with Crippen LogP contribution in [0.2, 0.25) is 10.0 Å². The van der Waals surface area contributed by atoms with E-state index >= 15 is 0 Å². The van der Waals surface area contributed by atoms with E-state index in [0.717, 1.165) is 0 Å². The fraction of sp³-hybridized carbons (Fsp3) is 0.182. The Hall–Kier alpha value is -1.57. The highest BCUT2D eigenvalue weighted by molar-refractivity contribution is 6.42. The zero-order chi connectivity index (χ0) is 12.6. The molecular formula is C11H7Cl2N3O. The van der Waals surface area contributed by atoms with E-state index < -0.39 is 5.43 Å². The van der Waals surface area contributed by atoms with Crippen LogP contribution in [0.1, 0.15) is 12.6 Å². The minimum Gasteiger partial charge on any atom is -0.286 e. The Bertz CT molecular complexity index is 700. The summed E-state index contributed by atoms with van der Waals surface area (Å²) < 4.78 is 1.55. The molecule has 0 amide bonds. The number of nitriles is 1. The lowest BCUT2D eigenvalue weighted by atomic mass is 10.2. The molecular weight excluding hydrogens is 261 g/mol. The van der Waals surface area contributed by atoms with Gasteiger partial charge in [0, 0.05) is 6.54 Å². The summed E-state index contributed by atoms with van der Waals surface area (Å²) in [6, 6.07) is 4.83. The maximum absolute atomic E-state index is 11.9. The first-order valence-corrected chi connectivity index (χ1v) is 5.64. The average molecular weight is 268 g/mol. The summed E-state index contributed by atoms with van der Waals surface area (Å²) in [6.07, 6.45) is 0. The van der Waals surface area contributed by atoms with E-state index in [9.17, 15) is 4.79 Å². The van der Waals surface area contributed by atoms with Crippen molar-refractivity contribution in [1.29, 1.82) is 5.26 Å².